The van der Waals surface area contributed by atoms with Crippen LogP contribution >= 0.6 is 0 Å². The summed E-state index contributed by atoms with van der Waals surface area (Å²) in [6, 6.07) is 2.23. The average molecular weight is 226 g/mol. The first-order valence-corrected chi connectivity index (χ1v) is 4.23. The summed E-state index contributed by atoms with van der Waals surface area (Å²) in [7, 11) is 2.53. The fraction of sp³-hybridized carbons (Fsp3) is 0.200. The number of carboxylic acid groups (broad SMARTS) is 2. The Bertz CT molecular complexity index is 395. The fourth-order valence-corrected chi connectivity index (χ4v) is 1.23. The smallest absolute Gasteiger partial charge is 0.339 e. The van der Waals surface area contributed by atoms with Gasteiger partial charge in [0.1, 0.15) is 22.6 Å². The number of carboxylic acids is 2. The Morgan fingerprint density at radius 2 is 1.25 bits per heavy atom. The average Bonchev–Trinajstić information content (AvgIpc) is 2.26. The molecule has 0 unspecified atom stereocenters. The van der Waals surface area contributed by atoms with E-state index in [1.54, 1.807) is 0 Å². The maximum Gasteiger partial charge on any atom is 0.339 e. The maximum absolute atomic E-state index is 10.8. The minimum atomic E-state index is -1.22. The van der Waals surface area contributed by atoms with Crippen molar-refractivity contribution in [1.29, 1.82) is 0 Å². The van der Waals surface area contributed by atoms with E-state index in [-0.39, 0.29) is 22.6 Å². The van der Waals surface area contributed by atoms with Crippen molar-refractivity contribution in [3.63, 3.8) is 0 Å². The van der Waals surface area contributed by atoms with Crippen LogP contribution in [-0.4, -0.2) is 36.4 Å². The number of ether oxygens (including phenoxy) is 2. The Hall–Kier alpha value is -2.24. The van der Waals surface area contributed by atoms with Gasteiger partial charge in [0.05, 0.1) is 14.2 Å². The van der Waals surface area contributed by atoms with Crippen LogP contribution in [0.5, 0.6) is 11.5 Å². The minimum absolute atomic E-state index is 0.0225. The molecule has 0 aliphatic rings. The minimum Gasteiger partial charge on any atom is -0.496 e. The van der Waals surface area contributed by atoms with Gasteiger partial charge in [0.15, 0.2) is 0 Å². The molecular weight excluding hydrogens is 216 g/mol. The molecule has 0 saturated carbocycles. The molecule has 16 heavy (non-hydrogen) atoms. The third-order valence-electron chi connectivity index (χ3n) is 1.98. The highest BCUT2D eigenvalue weighted by Crippen LogP contribution is 2.28. The van der Waals surface area contributed by atoms with E-state index >= 15 is 0 Å². The molecule has 0 aliphatic carbocycles. The van der Waals surface area contributed by atoms with Crippen LogP contribution in [0.25, 0.3) is 0 Å². The summed E-state index contributed by atoms with van der Waals surface area (Å²) >= 11 is 0. The van der Waals surface area contributed by atoms with E-state index < -0.39 is 11.9 Å². The monoisotopic (exact) mass is 226 g/mol. The van der Waals surface area contributed by atoms with Gasteiger partial charge in [-0.1, -0.05) is 0 Å². The number of benzene rings is 1. The largest absolute Gasteiger partial charge is 0.496 e. The predicted octanol–water partition coefficient (Wildman–Crippen LogP) is 1.10. The van der Waals surface area contributed by atoms with Crippen LogP contribution in [0.1, 0.15) is 20.7 Å². The van der Waals surface area contributed by atoms with Gasteiger partial charge >= 0.3 is 11.9 Å². The van der Waals surface area contributed by atoms with Gasteiger partial charge in [0.25, 0.3) is 0 Å². The maximum atomic E-state index is 10.8. The van der Waals surface area contributed by atoms with Crippen LogP contribution in [0.4, 0.5) is 0 Å². The number of hydrogen-bond donors (Lipinski definition) is 2. The van der Waals surface area contributed by atoms with E-state index in [9.17, 15) is 9.59 Å². The van der Waals surface area contributed by atoms with Crippen molar-refractivity contribution in [3.8, 4) is 11.5 Å². The van der Waals surface area contributed by atoms with Gasteiger partial charge in [-0.3, -0.25) is 0 Å². The molecule has 1 aromatic rings. The fourth-order valence-electron chi connectivity index (χ4n) is 1.23. The van der Waals surface area contributed by atoms with E-state index in [4.69, 9.17) is 19.7 Å². The molecular formula is C10H10O6. The lowest BCUT2D eigenvalue weighted by atomic mass is 10.1. The summed E-state index contributed by atoms with van der Waals surface area (Å²) in [5, 5.41) is 17.7. The van der Waals surface area contributed by atoms with Crippen LogP contribution in [0.15, 0.2) is 12.1 Å². The van der Waals surface area contributed by atoms with E-state index in [0.29, 0.717) is 0 Å². The van der Waals surface area contributed by atoms with Crippen LogP contribution < -0.4 is 9.47 Å². The van der Waals surface area contributed by atoms with Gasteiger partial charge in [-0.05, 0) is 12.1 Å². The topological polar surface area (TPSA) is 93.1 Å². The summed E-state index contributed by atoms with van der Waals surface area (Å²) < 4.78 is 9.59. The Morgan fingerprint density at radius 1 is 0.938 bits per heavy atom. The van der Waals surface area contributed by atoms with Crippen LogP contribution in [0.3, 0.4) is 0 Å². The second kappa shape index (κ2) is 4.52. The molecule has 0 saturated heterocycles. The summed E-state index contributed by atoms with van der Waals surface area (Å²) in [6.45, 7) is 0. The number of carbonyl (C=O) groups is 2. The van der Waals surface area contributed by atoms with Crippen LogP contribution in [-0.2, 0) is 0 Å². The van der Waals surface area contributed by atoms with E-state index in [1.165, 1.54) is 14.2 Å². The first-order valence-electron chi connectivity index (χ1n) is 4.23. The number of aromatic carboxylic acids is 2. The molecule has 6 heteroatoms. The molecule has 0 bridgehead atoms. The summed E-state index contributed by atoms with van der Waals surface area (Å²) in [5.41, 5.74) is -0.297. The summed E-state index contributed by atoms with van der Waals surface area (Å²) in [6.07, 6.45) is 0. The Morgan fingerprint density at radius 3 is 1.44 bits per heavy atom. The van der Waals surface area contributed by atoms with Gasteiger partial charge < -0.3 is 19.7 Å². The van der Waals surface area contributed by atoms with Gasteiger partial charge in [0.2, 0.25) is 0 Å². The molecule has 0 atom stereocenters. The Balaban J connectivity index is 3.46. The van der Waals surface area contributed by atoms with Gasteiger partial charge in [-0.25, -0.2) is 9.59 Å². The first kappa shape index (κ1) is 11.8. The Labute approximate surface area is 91.0 Å². The highest BCUT2D eigenvalue weighted by Gasteiger charge is 2.19. The van der Waals surface area contributed by atoms with Gasteiger partial charge in [-0.2, -0.15) is 0 Å². The first-order chi connectivity index (χ1) is 7.51. The molecule has 1 aromatic carbocycles. The van der Waals surface area contributed by atoms with Crippen molar-refractivity contribution in [2.24, 2.45) is 0 Å². The zero-order valence-electron chi connectivity index (χ0n) is 8.68. The lowest BCUT2D eigenvalue weighted by Gasteiger charge is -2.10. The molecule has 1 rings (SSSR count). The van der Waals surface area contributed by atoms with Crippen molar-refractivity contribution in [1.82, 2.24) is 0 Å². The van der Waals surface area contributed by atoms with Crippen molar-refractivity contribution in [2.45, 2.75) is 0 Å². The highest BCUT2D eigenvalue weighted by atomic mass is 16.5. The molecule has 0 aliphatic heterocycles. The Kier molecular flexibility index (Phi) is 3.34. The molecule has 0 amide bonds. The standard InChI is InChI=1S/C10H10O6/c1-15-7-3-6(10(13)14)8(16-2)4-5(7)9(11)12/h3-4H,1-2H3,(H,11,12)(H,13,14). The lowest BCUT2D eigenvalue weighted by Crippen LogP contribution is -2.06. The normalized spacial score (nSPS) is 9.62. The third kappa shape index (κ3) is 2.05. The zero-order valence-corrected chi connectivity index (χ0v) is 8.68. The zero-order chi connectivity index (χ0) is 12.3. The molecule has 0 fully saturated rings. The predicted molar refractivity (Wildman–Crippen MR) is 53.5 cm³/mol. The molecule has 0 radical (unpaired) electrons. The second-order valence-corrected chi connectivity index (χ2v) is 2.86. The van der Waals surface area contributed by atoms with Crippen LogP contribution in [0, 0.1) is 0 Å². The van der Waals surface area contributed by atoms with E-state index in [1.807, 2.05) is 0 Å². The van der Waals surface area contributed by atoms with Crippen molar-refractivity contribution >= 4 is 11.9 Å². The summed E-state index contributed by atoms with van der Waals surface area (Å²) in [4.78, 5) is 21.7. The third-order valence-corrected chi connectivity index (χ3v) is 1.98. The van der Waals surface area contributed by atoms with Gasteiger partial charge in [0, 0.05) is 0 Å². The number of methoxy groups -OCH3 is 2. The molecule has 6 nitrogen and oxygen atoms in total. The van der Waals surface area contributed by atoms with Crippen LogP contribution in [0.2, 0.25) is 0 Å². The van der Waals surface area contributed by atoms with Crippen molar-refractivity contribution < 1.29 is 29.3 Å². The summed E-state index contributed by atoms with van der Waals surface area (Å²) in [5.74, 6) is -2.48. The second-order valence-electron chi connectivity index (χ2n) is 2.86. The van der Waals surface area contributed by atoms with E-state index in [0.717, 1.165) is 12.1 Å². The molecule has 2 N–H and O–H groups in total. The number of hydrogen-bond acceptors (Lipinski definition) is 4. The quantitative estimate of drug-likeness (QED) is 0.798. The van der Waals surface area contributed by atoms with Crippen molar-refractivity contribution in [3.05, 3.63) is 23.3 Å². The molecule has 0 aromatic heterocycles. The van der Waals surface area contributed by atoms with E-state index in [2.05, 4.69) is 0 Å². The number of rotatable bonds is 4. The highest BCUT2D eigenvalue weighted by molar-refractivity contribution is 5.97. The SMILES string of the molecule is COc1cc(C(=O)O)c(OC)cc1C(=O)O. The lowest BCUT2D eigenvalue weighted by molar-refractivity contribution is 0.0674. The van der Waals surface area contributed by atoms with Gasteiger partial charge in [-0.15, -0.1) is 0 Å². The molecule has 0 spiro atoms. The molecule has 86 valence electrons. The van der Waals surface area contributed by atoms with Crippen molar-refractivity contribution in [2.75, 3.05) is 14.2 Å². The molecule has 0 heterocycles.